The van der Waals surface area contributed by atoms with Gasteiger partial charge in [-0.2, -0.15) is 0 Å². The first-order chi connectivity index (χ1) is 11.7. The first-order valence-corrected chi connectivity index (χ1v) is 8.63. The fraction of sp³-hybridized carbons (Fsp3) is 0. The Kier molecular flexibility index (Phi) is 3.35. The van der Waals surface area contributed by atoms with Gasteiger partial charge < -0.3 is 0 Å². The molecule has 24 heavy (non-hydrogen) atoms. The van der Waals surface area contributed by atoms with Crippen LogP contribution < -0.4 is 0 Å². The van der Waals surface area contributed by atoms with Crippen LogP contribution in [0.15, 0.2) is 78.5 Å². The second-order valence-electron chi connectivity index (χ2n) is 5.19. The Labute approximate surface area is 138 Å². The number of hydrogen-bond acceptors (Lipinski definition) is 5. The van der Waals surface area contributed by atoms with Crippen molar-refractivity contribution in [2.45, 2.75) is 4.90 Å². The van der Waals surface area contributed by atoms with Crippen LogP contribution in [0.1, 0.15) is 0 Å². The van der Waals surface area contributed by atoms with Crippen molar-refractivity contribution in [2.75, 3.05) is 0 Å². The number of nitrogens with zero attached hydrogens (tertiary/aromatic N) is 4. The first-order valence-electron chi connectivity index (χ1n) is 7.19. The van der Waals surface area contributed by atoms with Crippen LogP contribution in [0.5, 0.6) is 0 Å². The third-order valence-corrected chi connectivity index (χ3v) is 5.37. The molecular weight excluding hydrogens is 324 g/mol. The molecule has 0 saturated carbocycles. The van der Waals surface area contributed by atoms with E-state index in [1.54, 1.807) is 55.0 Å². The van der Waals surface area contributed by atoms with Crippen LogP contribution >= 0.6 is 0 Å². The fourth-order valence-corrected chi connectivity index (χ4v) is 3.84. The van der Waals surface area contributed by atoms with Crippen LogP contribution in [0.25, 0.3) is 22.2 Å². The molecule has 0 amide bonds. The minimum absolute atomic E-state index is 0.227. The van der Waals surface area contributed by atoms with Crippen LogP contribution in [0, 0.1) is 0 Å². The molecule has 0 spiro atoms. The van der Waals surface area contributed by atoms with Crippen LogP contribution in [0.3, 0.4) is 0 Å². The van der Waals surface area contributed by atoms with Gasteiger partial charge in [-0.3, -0.25) is 0 Å². The van der Waals surface area contributed by atoms with Gasteiger partial charge in [0.15, 0.2) is 5.65 Å². The molecule has 0 saturated heterocycles. The van der Waals surface area contributed by atoms with Crippen molar-refractivity contribution in [1.29, 1.82) is 0 Å². The van der Waals surface area contributed by atoms with E-state index in [1.165, 1.54) is 16.5 Å². The lowest BCUT2D eigenvalue weighted by atomic mass is 10.1. The molecular formula is C17H12N4O2S. The summed E-state index contributed by atoms with van der Waals surface area (Å²) in [7, 11) is -3.67. The molecule has 0 aliphatic carbocycles. The molecule has 1 aromatic carbocycles. The molecule has 0 atom stereocenters. The zero-order chi connectivity index (χ0) is 16.6. The fourth-order valence-electron chi connectivity index (χ4n) is 2.51. The van der Waals surface area contributed by atoms with Gasteiger partial charge in [-0.25, -0.2) is 27.3 Å². The van der Waals surface area contributed by atoms with Crippen molar-refractivity contribution in [2.24, 2.45) is 0 Å². The highest BCUT2D eigenvalue weighted by molar-refractivity contribution is 7.90. The Morgan fingerprint density at radius 3 is 2.38 bits per heavy atom. The Bertz CT molecular complexity index is 1110. The number of pyridine rings is 1. The van der Waals surface area contributed by atoms with E-state index in [2.05, 4.69) is 15.0 Å². The second kappa shape index (κ2) is 5.54. The van der Waals surface area contributed by atoms with Gasteiger partial charge in [0.05, 0.1) is 4.90 Å². The van der Waals surface area contributed by atoms with Crippen LogP contribution in [0.4, 0.5) is 0 Å². The number of rotatable bonds is 3. The van der Waals surface area contributed by atoms with E-state index in [9.17, 15) is 8.42 Å². The molecule has 0 radical (unpaired) electrons. The summed E-state index contributed by atoms with van der Waals surface area (Å²) in [5.74, 6) is 0. The summed E-state index contributed by atoms with van der Waals surface area (Å²) in [5, 5.41) is 0.732. The Hall–Kier alpha value is -3.06. The average molecular weight is 336 g/mol. The number of fused-ring (bicyclic) bond motifs is 1. The molecule has 7 heteroatoms. The van der Waals surface area contributed by atoms with Crippen molar-refractivity contribution in [3.63, 3.8) is 0 Å². The van der Waals surface area contributed by atoms with Gasteiger partial charge in [0.25, 0.3) is 10.0 Å². The summed E-state index contributed by atoms with van der Waals surface area (Å²) in [4.78, 5) is 12.5. The average Bonchev–Trinajstić information content (AvgIpc) is 3.07. The first kappa shape index (κ1) is 14.5. The Balaban J connectivity index is 1.85. The smallest absolute Gasteiger partial charge is 0.244 e. The van der Waals surface area contributed by atoms with Gasteiger partial charge in [0, 0.05) is 41.3 Å². The van der Waals surface area contributed by atoms with E-state index in [0.717, 1.165) is 16.5 Å². The predicted octanol–water partition coefficient (Wildman–Crippen LogP) is 2.73. The number of benzene rings is 1. The Morgan fingerprint density at radius 2 is 1.62 bits per heavy atom. The summed E-state index contributed by atoms with van der Waals surface area (Å²) in [6.07, 6.45) is 7.97. The largest absolute Gasteiger partial charge is 0.269 e. The summed E-state index contributed by atoms with van der Waals surface area (Å²) in [6.45, 7) is 0. The SMILES string of the molecule is O=S(=O)(c1ccccc1)n1ccc2cc(-c3cncnc3)cnc21. The van der Waals surface area contributed by atoms with E-state index in [-0.39, 0.29) is 4.90 Å². The van der Waals surface area contributed by atoms with E-state index < -0.39 is 10.0 Å². The highest BCUT2D eigenvalue weighted by atomic mass is 32.2. The molecule has 4 rings (SSSR count). The standard InChI is InChI=1S/C17H12N4O2S/c22-24(23,16-4-2-1-3-5-16)21-7-6-13-8-14(11-20-17(13)21)15-9-18-12-19-10-15/h1-12H. The lowest BCUT2D eigenvalue weighted by Gasteiger charge is -2.07. The molecule has 0 N–H and O–H groups in total. The predicted molar refractivity (Wildman–Crippen MR) is 89.8 cm³/mol. The molecule has 0 fully saturated rings. The van der Waals surface area contributed by atoms with Crippen LogP contribution in [-0.2, 0) is 10.0 Å². The number of hydrogen-bond donors (Lipinski definition) is 0. The maximum atomic E-state index is 12.8. The van der Waals surface area contributed by atoms with Gasteiger partial charge in [-0.1, -0.05) is 18.2 Å². The second-order valence-corrected chi connectivity index (χ2v) is 7.01. The summed E-state index contributed by atoms with van der Waals surface area (Å²) < 4.78 is 26.7. The quantitative estimate of drug-likeness (QED) is 0.575. The number of aromatic nitrogens is 4. The highest BCUT2D eigenvalue weighted by Gasteiger charge is 2.19. The zero-order valence-corrected chi connectivity index (χ0v) is 13.3. The van der Waals surface area contributed by atoms with Gasteiger partial charge >= 0.3 is 0 Å². The molecule has 0 aliphatic rings. The maximum absolute atomic E-state index is 12.8. The third-order valence-electron chi connectivity index (χ3n) is 3.69. The van der Waals surface area contributed by atoms with E-state index in [1.807, 2.05) is 6.07 Å². The normalized spacial score (nSPS) is 11.7. The van der Waals surface area contributed by atoms with Gasteiger partial charge in [0.2, 0.25) is 0 Å². The zero-order valence-electron chi connectivity index (χ0n) is 12.4. The topological polar surface area (TPSA) is 77.7 Å². The van der Waals surface area contributed by atoms with Crippen LogP contribution in [0.2, 0.25) is 0 Å². The summed E-state index contributed by atoms with van der Waals surface area (Å²) in [6, 6.07) is 11.9. The molecule has 0 bridgehead atoms. The minimum atomic E-state index is -3.67. The molecule has 0 aliphatic heterocycles. The van der Waals surface area contributed by atoms with Crippen molar-refractivity contribution >= 4 is 21.1 Å². The monoisotopic (exact) mass is 336 g/mol. The van der Waals surface area contributed by atoms with Crippen LogP contribution in [-0.4, -0.2) is 27.3 Å². The van der Waals surface area contributed by atoms with Crippen molar-refractivity contribution < 1.29 is 8.42 Å². The lowest BCUT2D eigenvalue weighted by Crippen LogP contribution is -2.12. The van der Waals surface area contributed by atoms with Crippen molar-refractivity contribution in [3.8, 4) is 11.1 Å². The molecule has 3 heterocycles. The summed E-state index contributed by atoms with van der Waals surface area (Å²) >= 11 is 0. The van der Waals surface area contributed by atoms with Crippen molar-refractivity contribution in [3.05, 3.63) is 73.6 Å². The highest BCUT2D eigenvalue weighted by Crippen LogP contribution is 2.25. The van der Waals surface area contributed by atoms with Gasteiger partial charge in [-0.15, -0.1) is 0 Å². The molecule has 3 aromatic heterocycles. The molecule has 6 nitrogen and oxygen atoms in total. The van der Waals surface area contributed by atoms with E-state index in [0.29, 0.717) is 5.65 Å². The summed E-state index contributed by atoms with van der Waals surface area (Å²) in [5.41, 5.74) is 2.04. The van der Waals surface area contributed by atoms with E-state index >= 15 is 0 Å². The Morgan fingerprint density at radius 1 is 0.875 bits per heavy atom. The molecule has 0 unspecified atom stereocenters. The van der Waals surface area contributed by atoms with Gasteiger partial charge in [0.1, 0.15) is 6.33 Å². The molecule has 118 valence electrons. The van der Waals surface area contributed by atoms with Crippen molar-refractivity contribution in [1.82, 2.24) is 18.9 Å². The lowest BCUT2D eigenvalue weighted by molar-refractivity contribution is 0.589. The maximum Gasteiger partial charge on any atom is 0.269 e. The molecule has 4 aromatic rings. The van der Waals surface area contributed by atoms with Gasteiger partial charge in [-0.05, 0) is 24.3 Å². The van der Waals surface area contributed by atoms with E-state index in [4.69, 9.17) is 0 Å². The third kappa shape index (κ3) is 2.35. The minimum Gasteiger partial charge on any atom is -0.244 e.